The number of carbonyl (C=O) groups excluding carboxylic acids is 1. The number of ketones is 1. The Bertz CT molecular complexity index is 312. The van der Waals surface area contributed by atoms with E-state index in [1.807, 2.05) is 0 Å². The molecule has 0 spiro atoms. The molecule has 3 nitrogen and oxygen atoms in total. The molecule has 0 aliphatic rings. The van der Waals surface area contributed by atoms with Gasteiger partial charge in [-0.15, -0.1) is 12.4 Å². The SMILES string of the molecule is COc1ccc(C(C)=O)c(N)c1.Cl. The van der Waals surface area contributed by atoms with E-state index in [1.165, 1.54) is 6.92 Å². The van der Waals surface area contributed by atoms with Gasteiger partial charge in [0.15, 0.2) is 5.78 Å². The largest absolute Gasteiger partial charge is 0.497 e. The maximum absolute atomic E-state index is 10.9. The first-order valence-corrected chi connectivity index (χ1v) is 3.59. The summed E-state index contributed by atoms with van der Waals surface area (Å²) in [7, 11) is 1.56. The van der Waals surface area contributed by atoms with Crippen LogP contribution in [0.4, 0.5) is 5.69 Å². The average Bonchev–Trinajstić information content (AvgIpc) is 2.03. The number of carbonyl (C=O) groups is 1. The normalized spacial score (nSPS) is 8.77. The zero-order chi connectivity index (χ0) is 9.14. The van der Waals surface area contributed by atoms with Gasteiger partial charge in [0.05, 0.1) is 7.11 Å². The second kappa shape index (κ2) is 4.72. The van der Waals surface area contributed by atoms with Crippen molar-refractivity contribution in [3.63, 3.8) is 0 Å². The first-order valence-electron chi connectivity index (χ1n) is 3.59. The van der Waals surface area contributed by atoms with Crippen LogP contribution in [0.3, 0.4) is 0 Å². The lowest BCUT2D eigenvalue weighted by Crippen LogP contribution is -1.99. The van der Waals surface area contributed by atoms with Gasteiger partial charge in [-0.3, -0.25) is 4.79 Å². The van der Waals surface area contributed by atoms with Crippen LogP contribution in [0.2, 0.25) is 0 Å². The van der Waals surface area contributed by atoms with Crippen molar-refractivity contribution in [2.75, 3.05) is 12.8 Å². The van der Waals surface area contributed by atoms with Gasteiger partial charge < -0.3 is 10.5 Å². The molecule has 1 aromatic rings. The topological polar surface area (TPSA) is 52.3 Å². The lowest BCUT2D eigenvalue weighted by atomic mass is 10.1. The molecule has 0 saturated carbocycles. The third-order valence-corrected chi connectivity index (χ3v) is 1.64. The van der Waals surface area contributed by atoms with Gasteiger partial charge in [0.1, 0.15) is 5.75 Å². The van der Waals surface area contributed by atoms with Crippen LogP contribution in [0.15, 0.2) is 18.2 Å². The Balaban J connectivity index is 0.00000144. The molecule has 1 aromatic carbocycles. The quantitative estimate of drug-likeness (QED) is 0.588. The Hall–Kier alpha value is -1.22. The smallest absolute Gasteiger partial charge is 0.161 e. The van der Waals surface area contributed by atoms with E-state index in [-0.39, 0.29) is 18.2 Å². The fourth-order valence-electron chi connectivity index (χ4n) is 0.988. The number of ether oxygens (including phenoxy) is 1. The van der Waals surface area contributed by atoms with Gasteiger partial charge in [-0.05, 0) is 19.1 Å². The number of Topliss-reactive ketones (excluding diaryl/α,β-unsaturated/α-hetero) is 1. The van der Waals surface area contributed by atoms with Crippen LogP contribution in [0.1, 0.15) is 17.3 Å². The lowest BCUT2D eigenvalue weighted by Gasteiger charge is -2.03. The van der Waals surface area contributed by atoms with Crippen LogP contribution in [0, 0.1) is 0 Å². The molecule has 0 aromatic heterocycles. The third kappa shape index (κ3) is 2.63. The van der Waals surface area contributed by atoms with Gasteiger partial charge in [0.25, 0.3) is 0 Å². The number of methoxy groups -OCH3 is 1. The standard InChI is InChI=1S/C9H11NO2.ClH/c1-6(11)8-4-3-7(12-2)5-9(8)10;/h3-5H,10H2,1-2H3;1H. The van der Waals surface area contributed by atoms with Gasteiger partial charge in [-0.25, -0.2) is 0 Å². The molecule has 0 fully saturated rings. The van der Waals surface area contributed by atoms with Gasteiger partial charge >= 0.3 is 0 Å². The first-order chi connectivity index (χ1) is 5.65. The molecule has 4 heteroatoms. The maximum Gasteiger partial charge on any atom is 0.161 e. The summed E-state index contributed by atoms with van der Waals surface area (Å²) in [5, 5.41) is 0. The van der Waals surface area contributed by atoms with Crippen molar-refractivity contribution < 1.29 is 9.53 Å². The fraction of sp³-hybridized carbons (Fsp3) is 0.222. The number of nitrogen functional groups attached to an aromatic ring is 1. The molecule has 0 aliphatic carbocycles. The van der Waals surface area contributed by atoms with Crippen molar-refractivity contribution in [3.8, 4) is 5.75 Å². The van der Waals surface area contributed by atoms with E-state index in [2.05, 4.69) is 0 Å². The van der Waals surface area contributed by atoms with Crippen LogP contribution < -0.4 is 10.5 Å². The molecular formula is C9H12ClNO2. The molecule has 1 rings (SSSR count). The van der Waals surface area contributed by atoms with E-state index in [1.54, 1.807) is 25.3 Å². The van der Waals surface area contributed by atoms with Gasteiger partial charge in [-0.2, -0.15) is 0 Å². The van der Waals surface area contributed by atoms with E-state index in [0.29, 0.717) is 17.0 Å². The summed E-state index contributed by atoms with van der Waals surface area (Å²) in [5.74, 6) is 0.632. The number of halogens is 1. The molecule has 72 valence electrons. The average molecular weight is 202 g/mol. The Labute approximate surface area is 83.3 Å². The van der Waals surface area contributed by atoms with Crippen molar-refractivity contribution in [2.45, 2.75) is 6.92 Å². The molecule has 0 bridgehead atoms. The van der Waals surface area contributed by atoms with Crippen LogP contribution in [0.25, 0.3) is 0 Å². The zero-order valence-electron chi connectivity index (χ0n) is 7.53. The zero-order valence-corrected chi connectivity index (χ0v) is 8.35. The summed E-state index contributed by atoms with van der Waals surface area (Å²) in [6, 6.07) is 5.01. The maximum atomic E-state index is 10.9. The second-order valence-corrected chi connectivity index (χ2v) is 2.51. The second-order valence-electron chi connectivity index (χ2n) is 2.51. The number of hydrogen-bond acceptors (Lipinski definition) is 3. The number of benzene rings is 1. The molecule has 0 atom stereocenters. The van der Waals surface area contributed by atoms with Crippen molar-refractivity contribution in [3.05, 3.63) is 23.8 Å². The highest BCUT2D eigenvalue weighted by Gasteiger charge is 2.04. The minimum Gasteiger partial charge on any atom is -0.497 e. The summed E-state index contributed by atoms with van der Waals surface area (Å²) in [4.78, 5) is 10.9. The summed E-state index contributed by atoms with van der Waals surface area (Å²) >= 11 is 0. The predicted molar refractivity (Wildman–Crippen MR) is 54.7 cm³/mol. The minimum atomic E-state index is -0.0323. The van der Waals surface area contributed by atoms with Crippen molar-refractivity contribution in [2.24, 2.45) is 0 Å². The Morgan fingerprint density at radius 3 is 2.46 bits per heavy atom. The first kappa shape index (κ1) is 11.8. The monoisotopic (exact) mass is 201 g/mol. The van der Waals surface area contributed by atoms with Gasteiger partial charge in [0, 0.05) is 17.3 Å². The molecule has 0 unspecified atom stereocenters. The van der Waals surface area contributed by atoms with E-state index < -0.39 is 0 Å². The van der Waals surface area contributed by atoms with Crippen LogP contribution in [-0.4, -0.2) is 12.9 Å². The van der Waals surface area contributed by atoms with Crippen molar-refractivity contribution >= 4 is 23.9 Å². The lowest BCUT2D eigenvalue weighted by molar-refractivity contribution is 0.101. The summed E-state index contributed by atoms with van der Waals surface area (Å²) in [6.45, 7) is 1.48. The van der Waals surface area contributed by atoms with E-state index in [9.17, 15) is 4.79 Å². The molecule has 0 radical (unpaired) electrons. The summed E-state index contributed by atoms with van der Waals surface area (Å²) in [6.07, 6.45) is 0. The highest BCUT2D eigenvalue weighted by Crippen LogP contribution is 2.19. The van der Waals surface area contributed by atoms with Crippen LogP contribution in [0.5, 0.6) is 5.75 Å². The third-order valence-electron chi connectivity index (χ3n) is 1.64. The molecule has 0 saturated heterocycles. The highest BCUT2D eigenvalue weighted by atomic mass is 35.5. The number of hydrogen-bond donors (Lipinski definition) is 1. The number of rotatable bonds is 2. The Morgan fingerprint density at radius 1 is 1.46 bits per heavy atom. The highest BCUT2D eigenvalue weighted by molar-refractivity contribution is 5.99. The summed E-state index contributed by atoms with van der Waals surface area (Å²) < 4.78 is 4.94. The minimum absolute atomic E-state index is 0. The van der Waals surface area contributed by atoms with Crippen LogP contribution in [-0.2, 0) is 0 Å². The van der Waals surface area contributed by atoms with Gasteiger partial charge in [0.2, 0.25) is 0 Å². The molecule has 0 heterocycles. The number of anilines is 1. The molecule has 0 amide bonds. The van der Waals surface area contributed by atoms with E-state index in [4.69, 9.17) is 10.5 Å². The van der Waals surface area contributed by atoms with Crippen molar-refractivity contribution in [1.82, 2.24) is 0 Å². The Morgan fingerprint density at radius 2 is 2.08 bits per heavy atom. The fourth-order valence-corrected chi connectivity index (χ4v) is 0.988. The van der Waals surface area contributed by atoms with Crippen molar-refractivity contribution in [1.29, 1.82) is 0 Å². The molecule has 13 heavy (non-hydrogen) atoms. The Kier molecular flexibility index (Phi) is 4.28. The molecule has 2 N–H and O–H groups in total. The molecule has 0 aliphatic heterocycles. The van der Waals surface area contributed by atoms with E-state index in [0.717, 1.165) is 0 Å². The summed E-state index contributed by atoms with van der Waals surface area (Å²) in [5.41, 5.74) is 6.59. The van der Waals surface area contributed by atoms with Crippen LogP contribution >= 0.6 is 12.4 Å². The van der Waals surface area contributed by atoms with E-state index >= 15 is 0 Å². The predicted octanol–water partition coefficient (Wildman–Crippen LogP) is 1.90. The molecular weight excluding hydrogens is 190 g/mol. The number of nitrogens with two attached hydrogens (primary N) is 1. The van der Waals surface area contributed by atoms with Gasteiger partial charge in [-0.1, -0.05) is 0 Å².